The van der Waals surface area contributed by atoms with Gasteiger partial charge in [0.2, 0.25) is 11.8 Å². The quantitative estimate of drug-likeness (QED) is 0.878. The first-order valence-electron chi connectivity index (χ1n) is 7.13. The van der Waals surface area contributed by atoms with Crippen LogP contribution in [0.4, 0.5) is 20.3 Å². The molecule has 0 spiro atoms. The highest BCUT2D eigenvalue weighted by Crippen LogP contribution is 2.26. The van der Waals surface area contributed by atoms with Gasteiger partial charge in [0.1, 0.15) is 5.82 Å². The third kappa shape index (κ3) is 3.06. The average Bonchev–Trinajstić information content (AvgIpc) is 3.05. The maximum Gasteiger partial charge on any atom is 0.262 e. The summed E-state index contributed by atoms with van der Waals surface area (Å²) in [5.74, 6) is -3.06. The highest BCUT2D eigenvalue weighted by molar-refractivity contribution is 5.96. The Balaban J connectivity index is 1.61. The van der Waals surface area contributed by atoms with E-state index in [0.29, 0.717) is 18.7 Å². The minimum absolute atomic E-state index is 0.0518. The summed E-state index contributed by atoms with van der Waals surface area (Å²) in [5.41, 5.74) is 0.672. The number of amides is 2. The molecule has 22 heavy (non-hydrogen) atoms. The second-order valence-corrected chi connectivity index (χ2v) is 5.53. The topological polar surface area (TPSA) is 74.3 Å². The highest BCUT2D eigenvalue weighted by Gasteiger charge is 2.42. The molecule has 1 unspecified atom stereocenters. The van der Waals surface area contributed by atoms with E-state index >= 15 is 0 Å². The fraction of sp³-hybridized carbons (Fsp3) is 0.500. The maximum atomic E-state index is 13.1. The van der Waals surface area contributed by atoms with Gasteiger partial charge in [-0.15, -0.1) is 0 Å². The van der Waals surface area contributed by atoms with Crippen molar-refractivity contribution in [3.05, 3.63) is 18.3 Å². The van der Waals surface area contributed by atoms with Crippen LogP contribution in [0.25, 0.3) is 0 Å². The van der Waals surface area contributed by atoms with E-state index in [9.17, 15) is 18.4 Å². The number of rotatable bonds is 3. The lowest BCUT2D eigenvalue weighted by molar-refractivity contribution is -0.118. The Labute approximate surface area is 125 Å². The first-order valence-corrected chi connectivity index (χ1v) is 7.13. The van der Waals surface area contributed by atoms with Crippen molar-refractivity contribution in [2.24, 2.45) is 0 Å². The second-order valence-electron chi connectivity index (χ2n) is 5.53. The lowest BCUT2D eigenvalue weighted by atomic mass is 10.2. The van der Waals surface area contributed by atoms with Gasteiger partial charge in [-0.2, -0.15) is 0 Å². The second kappa shape index (κ2) is 5.60. The molecule has 3 rings (SSSR count). The normalized spacial score (nSPS) is 23.8. The molecule has 2 amide bonds. The van der Waals surface area contributed by atoms with Gasteiger partial charge in [0.25, 0.3) is 5.92 Å². The first-order chi connectivity index (χ1) is 10.4. The largest absolute Gasteiger partial charge is 0.311 e. The van der Waals surface area contributed by atoms with Gasteiger partial charge in [-0.3, -0.25) is 14.9 Å². The summed E-state index contributed by atoms with van der Waals surface area (Å²) < 4.78 is 26.1. The Morgan fingerprint density at radius 3 is 2.82 bits per heavy atom. The van der Waals surface area contributed by atoms with Gasteiger partial charge in [-0.25, -0.2) is 13.8 Å². The van der Waals surface area contributed by atoms with Crippen LogP contribution < -0.4 is 15.5 Å². The summed E-state index contributed by atoms with van der Waals surface area (Å²) in [7, 11) is 0. The Morgan fingerprint density at radius 1 is 1.45 bits per heavy atom. The molecule has 2 fully saturated rings. The van der Waals surface area contributed by atoms with Crippen LogP contribution in [-0.4, -0.2) is 41.9 Å². The summed E-state index contributed by atoms with van der Waals surface area (Å²) in [5, 5.41) is 4.99. The number of hydrogen-bond donors (Lipinski definition) is 2. The average molecular weight is 310 g/mol. The molecule has 0 radical (unpaired) electrons. The number of nitrogens with zero attached hydrogens (tertiary/aromatic N) is 2. The molecule has 0 bridgehead atoms. The molecule has 0 aromatic carbocycles. The number of pyridine rings is 1. The van der Waals surface area contributed by atoms with Crippen LogP contribution in [0.2, 0.25) is 0 Å². The zero-order valence-electron chi connectivity index (χ0n) is 11.8. The van der Waals surface area contributed by atoms with Gasteiger partial charge in [0, 0.05) is 19.4 Å². The van der Waals surface area contributed by atoms with E-state index in [-0.39, 0.29) is 11.7 Å². The zero-order valence-corrected chi connectivity index (χ0v) is 11.8. The van der Waals surface area contributed by atoms with Crippen LogP contribution in [0.1, 0.15) is 19.3 Å². The minimum atomic E-state index is -2.85. The van der Waals surface area contributed by atoms with Crippen LogP contribution in [0, 0.1) is 0 Å². The zero-order chi connectivity index (χ0) is 15.7. The molecule has 118 valence electrons. The third-order valence-corrected chi connectivity index (χ3v) is 3.81. The molecular weight excluding hydrogens is 294 g/mol. The van der Waals surface area contributed by atoms with E-state index < -0.39 is 30.8 Å². The van der Waals surface area contributed by atoms with E-state index in [1.165, 1.54) is 6.20 Å². The lowest BCUT2D eigenvalue weighted by Crippen LogP contribution is -2.35. The smallest absolute Gasteiger partial charge is 0.262 e. The SMILES string of the molecule is O=C(Nc1ccc(N2CCCC2=O)cn1)C1CC(F)(F)CN1. The van der Waals surface area contributed by atoms with Crippen molar-refractivity contribution in [3.63, 3.8) is 0 Å². The Hall–Kier alpha value is -2.09. The summed E-state index contributed by atoms with van der Waals surface area (Å²) in [6, 6.07) is 2.32. The van der Waals surface area contributed by atoms with E-state index in [0.717, 1.165) is 6.42 Å². The summed E-state index contributed by atoms with van der Waals surface area (Å²) in [4.78, 5) is 29.2. The van der Waals surface area contributed by atoms with Crippen molar-refractivity contribution >= 4 is 23.3 Å². The van der Waals surface area contributed by atoms with Crippen LogP contribution in [0.5, 0.6) is 0 Å². The van der Waals surface area contributed by atoms with Crippen LogP contribution >= 0.6 is 0 Å². The van der Waals surface area contributed by atoms with Crippen molar-refractivity contribution in [2.75, 3.05) is 23.3 Å². The number of hydrogen-bond acceptors (Lipinski definition) is 4. The standard InChI is InChI=1S/C14H16F2N4O2/c15-14(16)6-10(18-8-14)13(22)19-11-4-3-9(7-17-11)20-5-1-2-12(20)21/h3-4,7,10,18H,1-2,5-6,8H2,(H,17,19,22). The molecule has 1 aromatic heterocycles. The number of alkyl halides is 2. The molecule has 8 heteroatoms. The molecule has 1 atom stereocenters. The maximum absolute atomic E-state index is 13.1. The van der Waals surface area contributed by atoms with Crippen molar-refractivity contribution in [1.82, 2.24) is 10.3 Å². The molecule has 6 nitrogen and oxygen atoms in total. The van der Waals surface area contributed by atoms with Gasteiger partial charge >= 0.3 is 0 Å². The van der Waals surface area contributed by atoms with E-state index in [2.05, 4.69) is 15.6 Å². The predicted octanol–water partition coefficient (Wildman–Crippen LogP) is 1.14. The molecule has 2 aliphatic rings. The number of halogens is 2. The number of carbonyl (C=O) groups excluding carboxylic acids is 2. The van der Waals surface area contributed by atoms with Crippen LogP contribution in [0.15, 0.2) is 18.3 Å². The Bertz CT molecular complexity index is 591. The van der Waals surface area contributed by atoms with Gasteiger partial charge in [0.15, 0.2) is 0 Å². The molecule has 3 heterocycles. The van der Waals surface area contributed by atoms with E-state index in [1.54, 1.807) is 17.0 Å². The third-order valence-electron chi connectivity index (χ3n) is 3.81. The highest BCUT2D eigenvalue weighted by atomic mass is 19.3. The van der Waals surface area contributed by atoms with Gasteiger partial charge in [-0.1, -0.05) is 0 Å². The monoisotopic (exact) mass is 310 g/mol. The minimum Gasteiger partial charge on any atom is -0.311 e. The number of nitrogens with one attached hydrogen (secondary N) is 2. The number of anilines is 2. The van der Waals surface area contributed by atoms with Crippen LogP contribution in [-0.2, 0) is 9.59 Å². The van der Waals surface area contributed by atoms with Crippen molar-refractivity contribution in [1.29, 1.82) is 0 Å². The molecule has 0 saturated carbocycles. The lowest BCUT2D eigenvalue weighted by Gasteiger charge is -2.16. The van der Waals surface area contributed by atoms with Crippen molar-refractivity contribution < 1.29 is 18.4 Å². The first kappa shape index (κ1) is 14.8. The fourth-order valence-corrected chi connectivity index (χ4v) is 2.66. The molecule has 0 aliphatic carbocycles. The van der Waals surface area contributed by atoms with Crippen molar-refractivity contribution in [3.8, 4) is 0 Å². The van der Waals surface area contributed by atoms with E-state index in [1.807, 2.05) is 0 Å². The van der Waals surface area contributed by atoms with Crippen molar-refractivity contribution in [2.45, 2.75) is 31.2 Å². The Kier molecular flexibility index (Phi) is 3.78. The molecular formula is C14H16F2N4O2. The molecule has 2 saturated heterocycles. The van der Waals surface area contributed by atoms with Crippen LogP contribution in [0.3, 0.4) is 0 Å². The molecule has 1 aromatic rings. The van der Waals surface area contributed by atoms with Gasteiger partial charge in [-0.05, 0) is 18.6 Å². The summed E-state index contributed by atoms with van der Waals surface area (Å²) >= 11 is 0. The fourth-order valence-electron chi connectivity index (χ4n) is 2.66. The summed E-state index contributed by atoms with van der Waals surface area (Å²) in [6.45, 7) is 0.168. The van der Waals surface area contributed by atoms with Gasteiger partial charge < -0.3 is 10.2 Å². The van der Waals surface area contributed by atoms with E-state index in [4.69, 9.17) is 0 Å². The number of carbonyl (C=O) groups is 2. The predicted molar refractivity (Wildman–Crippen MR) is 75.8 cm³/mol. The molecule has 2 aliphatic heterocycles. The van der Waals surface area contributed by atoms with Gasteiger partial charge in [0.05, 0.1) is 24.5 Å². The molecule has 2 N–H and O–H groups in total. The Morgan fingerprint density at radius 2 is 2.27 bits per heavy atom. The number of aromatic nitrogens is 1. The summed E-state index contributed by atoms with van der Waals surface area (Å²) in [6.07, 6.45) is 2.33.